The summed E-state index contributed by atoms with van der Waals surface area (Å²) < 4.78 is 27.4. The van der Waals surface area contributed by atoms with Crippen molar-refractivity contribution in [3.63, 3.8) is 0 Å². The van der Waals surface area contributed by atoms with Gasteiger partial charge in [0.25, 0.3) is 0 Å². The first-order chi connectivity index (χ1) is 9.95. The normalized spacial score (nSPS) is 13.1. The zero-order valence-corrected chi connectivity index (χ0v) is 13.5. The second-order valence-corrected chi connectivity index (χ2v) is 5.72. The SMILES string of the molecule is CCCNC(CN(C)CCN(C)C)c1cccc(F)c1F. The van der Waals surface area contributed by atoms with E-state index in [1.165, 1.54) is 0 Å². The molecular weight excluding hydrogens is 272 g/mol. The molecule has 0 heterocycles. The van der Waals surface area contributed by atoms with Gasteiger partial charge in [0.2, 0.25) is 0 Å². The summed E-state index contributed by atoms with van der Waals surface area (Å²) >= 11 is 0. The molecule has 0 spiro atoms. The van der Waals surface area contributed by atoms with Gasteiger partial charge in [0.15, 0.2) is 11.6 Å². The molecule has 0 amide bonds. The Morgan fingerprint density at radius 2 is 1.86 bits per heavy atom. The predicted octanol–water partition coefficient (Wildman–Crippen LogP) is 2.50. The standard InChI is InChI=1S/C16H27F2N3/c1-5-9-19-15(12-21(4)11-10-20(2)3)13-7-6-8-14(17)16(13)18/h6-8,15,19H,5,9-12H2,1-4H3. The Bertz CT molecular complexity index is 424. The molecule has 1 unspecified atom stereocenters. The van der Waals surface area contributed by atoms with Crippen LogP contribution in [-0.2, 0) is 0 Å². The van der Waals surface area contributed by atoms with Crippen molar-refractivity contribution in [2.75, 3.05) is 47.3 Å². The van der Waals surface area contributed by atoms with Crippen LogP contribution in [0.4, 0.5) is 8.78 Å². The maximum absolute atomic E-state index is 14.0. The summed E-state index contributed by atoms with van der Waals surface area (Å²) in [6, 6.07) is 4.18. The molecule has 1 rings (SSSR count). The van der Waals surface area contributed by atoms with Crippen LogP contribution < -0.4 is 5.32 Å². The minimum atomic E-state index is -0.785. The van der Waals surface area contributed by atoms with E-state index in [1.807, 2.05) is 21.1 Å². The maximum atomic E-state index is 14.0. The number of halogens is 2. The largest absolute Gasteiger partial charge is 0.309 e. The van der Waals surface area contributed by atoms with Crippen LogP contribution in [0.1, 0.15) is 24.9 Å². The van der Waals surface area contributed by atoms with Gasteiger partial charge in [0, 0.05) is 31.2 Å². The number of hydrogen-bond donors (Lipinski definition) is 1. The molecule has 0 aliphatic carbocycles. The van der Waals surface area contributed by atoms with Crippen LogP contribution in [0.2, 0.25) is 0 Å². The van der Waals surface area contributed by atoms with Gasteiger partial charge >= 0.3 is 0 Å². The third-order valence-corrected chi connectivity index (χ3v) is 3.42. The van der Waals surface area contributed by atoms with Crippen molar-refractivity contribution in [1.29, 1.82) is 0 Å². The molecule has 0 fully saturated rings. The Kier molecular flexibility index (Phi) is 7.78. The van der Waals surface area contributed by atoms with Crippen LogP contribution in [-0.4, -0.2) is 57.1 Å². The van der Waals surface area contributed by atoms with E-state index in [0.29, 0.717) is 12.1 Å². The molecule has 1 aromatic rings. The van der Waals surface area contributed by atoms with Crippen molar-refractivity contribution >= 4 is 0 Å². The first kappa shape index (κ1) is 18.0. The van der Waals surface area contributed by atoms with E-state index < -0.39 is 11.6 Å². The van der Waals surface area contributed by atoms with E-state index in [2.05, 4.69) is 22.0 Å². The van der Waals surface area contributed by atoms with E-state index in [-0.39, 0.29) is 6.04 Å². The second-order valence-electron chi connectivity index (χ2n) is 5.72. The average Bonchev–Trinajstić information content (AvgIpc) is 2.44. The Morgan fingerprint density at radius 1 is 1.14 bits per heavy atom. The third-order valence-electron chi connectivity index (χ3n) is 3.42. The number of likely N-dealkylation sites (N-methyl/N-ethyl adjacent to an activating group) is 2. The van der Waals surface area contributed by atoms with Crippen molar-refractivity contribution in [3.05, 3.63) is 35.4 Å². The van der Waals surface area contributed by atoms with Crippen molar-refractivity contribution in [2.24, 2.45) is 0 Å². The zero-order valence-electron chi connectivity index (χ0n) is 13.5. The highest BCUT2D eigenvalue weighted by Gasteiger charge is 2.19. The van der Waals surface area contributed by atoms with Gasteiger partial charge in [0.1, 0.15) is 0 Å². The van der Waals surface area contributed by atoms with Crippen molar-refractivity contribution in [2.45, 2.75) is 19.4 Å². The van der Waals surface area contributed by atoms with Crippen LogP contribution in [0.3, 0.4) is 0 Å². The van der Waals surface area contributed by atoms with E-state index in [9.17, 15) is 8.78 Å². The Hall–Kier alpha value is -1.04. The van der Waals surface area contributed by atoms with Gasteiger partial charge in [-0.3, -0.25) is 0 Å². The van der Waals surface area contributed by atoms with Crippen LogP contribution in [0.5, 0.6) is 0 Å². The second kappa shape index (κ2) is 9.07. The lowest BCUT2D eigenvalue weighted by atomic mass is 10.0. The number of benzene rings is 1. The maximum Gasteiger partial charge on any atom is 0.163 e. The quantitative estimate of drug-likeness (QED) is 0.756. The van der Waals surface area contributed by atoms with Gasteiger partial charge < -0.3 is 15.1 Å². The molecule has 0 aliphatic rings. The summed E-state index contributed by atoms with van der Waals surface area (Å²) in [6.45, 7) is 5.30. The van der Waals surface area contributed by atoms with Gasteiger partial charge in [-0.1, -0.05) is 19.1 Å². The molecule has 0 saturated heterocycles. The minimum absolute atomic E-state index is 0.201. The fourth-order valence-electron chi connectivity index (χ4n) is 2.15. The van der Waals surface area contributed by atoms with Crippen molar-refractivity contribution in [3.8, 4) is 0 Å². The summed E-state index contributed by atoms with van der Waals surface area (Å²) in [4.78, 5) is 4.24. The lowest BCUT2D eigenvalue weighted by Crippen LogP contribution is -2.37. The Morgan fingerprint density at radius 3 is 2.48 bits per heavy atom. The van der Waals surface area contributed by atoms with Crippen LogP contribution in [0, 0.1) is 11.6 Å². The summed E-state index contributed by atoms with van der Waals surface area (Å²) in [6.07, 6.45) is 0.953. The number of nitrogens with one attached hydrogen (secondary N) is 1. The number of nitrogens with zero attached hydrogens (tertiary/aromatic N) is 2. The average molecular weight is 299 g/mol. The summed E-state index contributed by atoms with van der Waals surface area (Å²) in [5.74, 6) is -1.53. The molecule has 120 valence electrons. The molecule has 0 aliphatic heterocycles. The summed E-state index contributed by atoms with van der Waals surface area (Å²) in [5.41, 5.74) is 0.403. The molecular formula is C16H27F2N3. The van der Waals surface area contributed by atoms with Gasteiger partial charge in [-0.2, -0.15) is 0 Å². The third kappa shape index (κ3) is 6.08. The van der Waals surface area contributed by atoms with Crippen molar-refractivity contribution < 1.29 is 8.78 Å². The monoisotopic (exact) mass is 299 g/mol. The molecule has 5 heteroatoms. The van der Waals surface area contributed by atoms with Crippen LogP contribution in [0.15, 0.2) is 18.2 Å². The molecule has 21 heavy (non-hydrogen) atoms. The number of rotatable bonds is 9. The van der Waals surface area contributed by atoms with E-state index in [0.717, 1.165) is 32.1 Å². The van der Waals surface area contributed by atoms with Crippen LogP contribution in [0.25, 0.3) is 0 Å². The highest BCUT2D eigenvalue weighted by Crippen LogP contribution is 2.20. The molecule has 0 aromatic heterocycles. The number of hydrogen-bond acceptors (Lipinski definition) is 3. The van der Waals surface area contributed by atoms with E-state index in [1.54, 1.807) is 12.1 Å². The first-order valence-electron chi connectivity index (χ1n) is 7.46. The highest BCUT2D eigenvalue weighted by molar-refractivity contribution is 5.23. The molecule has 0 bridgehead atoms. The summed E-state index contributed by atoms with van der Waals surface area (Å²) in [7, 11) is 6.04. The molecule has 0 saturated carbocycles. The molecule has 0 radical (unpaired) electrons. The molecule has 1 N–H and O–H groups in total. The zero-order chi connectivity index (χ0) is 15.8. The first-order valence-corrected chi connectivity index (χ1v) is 7.46. The Balaban J connectivity index is 2.77. The van der Waals surface area contributed by atoms with Crippen molar-refractivity contribution in [1.82, 2.24) is 15.1 Å². The topological polar surface area (TPSA) is 18.5 Å². The smallest absolute Gasteiger partial charge is 0.163 e. The van der Waals surface area contributed by atoms with Crippen LogP contribution >= 0.6 is 0 Å². The fourth-order valence-corrected chi connectivity index (χ4v) is 2.15. The molecule has 1 atom stereocenters. The molecule has 1 aromatic carbocycles. The minimum Gasteiger partial charge on any atom is -0.309 e. The highest BCUT2D eigenvalue weighted by atomic mass is 19.2. The van der Waals surface area contributed by atoms with Gasteiger partial charge in [-0.15, -0.1) is 0 Å². The van der Waals surface area contributed by atoms with Gasteiger partial charge in [0.05, 0.1) is 0 Å². The fraction of sp³-hybridized carbons (Fsp3) is 0.625. The van der Waals surface area contributed by atoms with Gasteiger partial charge in [-0.05, 0) is 40.2 Å². The Labute approximate surface area is 126 Å². The predicted molar refractivity (Wildman–Crippen MR) is 83.4 cm³/mol. The van der Waals surface area contributed by atoms with Gasteiger partial charge in [-0.25, -0.2) is 8.78 Å². The summed E-state index contributed by atoms with van der Waals surface area (Å²) in [5, 5.41) is 3.31. The lowest BCUT2D eigenvalue weighted by Gasteiger charge is -2.26. The molecule has 3 nitrogen and oxygen atoms in total. The van der Waals surface area contributed by atoms with E-state index in [4.69, 9.17) is 0 Å². The van der Waals surface area contributed by atoms with E-state index >= 15 is 0 Å². The lowest BCUT2D eigenvalue weighted by molar-refractivity contribution is 0.254.